The van der Waals surface area contributed by atoms with Gasteiger partial charge in [0, 0.05) is 34.6 Å². The Labute approximate surface area is 202 Å². The average Bonchev–Trinajstić information content (AvgIpc) is 2.75. The molecule has 0 aromatic heterocycles. The molecule has 0 N–H and O–H groups in total. The van der Waals surface area contributed by atoms with E-state index in [2.05, 4.69) is 5.16 Å². The van der Waals surface area contributed by atoms with Gasteiger partial charge in [-0.3, -0.25) is 24.0 Å². The third-order valence-corrected chi connectivity index (χ3v) is 4.04. The van der Waals surface area contributed by atoms with Crippen molar-refractivity contribution in [1.29, 1.82) is 0 Å². The van der Waals surface area contributed by atoms with Crippen LogP contribution in [0, 0.1) is 0 Å². The summed E-state index contributed by atoms with van der Waals surface area (Å²) in [6.07, 6.45) is -4.92. The predicted molar refractivity (Wildman–Crippen MR) is 119 cm³/mol. The number of carbonyl (C=O) groups excluding carboxylic acids is 5. The zero-order valence-electron chi connectivity index (χ0n) is 20.1. The van der Waals surface area contributed by atoms with Crippen molar-refractivity contribution in [1.82, 2.24) is 0 Å². The standard InChI is InChI=1S/C23H29NO11/c1-14(25)30-13-21(33-16(3)27)23(35-18(5)29)22(34-17(4)28)20(32-15(2)26)11-24-31-12-19-9-7-6-8-10-19/h6-11,20-23H,12-13H2,1-5H3/b24-11+/t20-,21-,22+,23-/m0/s1. The second kappa shape index (κ2) is 15.0. The highest BCUT2D eigenvalue weighted by Crippen LogP contribution is 2.20. The molecule has 0 fully saturated rings. The van der Waals surface area contributed by atoms with E-state index in [1.807, 2.05) is 18.2 Å². The minimum Gasteiger partial charge on any atom is -0.462 e. The number of ether oxygens (including phenoxy) is 5. The Morgan fingerprint density at radius 2 is 1.29 bits per heavy atom. The maximum Gasteiger partial charge on any atom is 0.303 e. The van der Waals surface area contributed by atoms with Gasteiger partial charge in [0.25, 0.3) is 0 Å². The van der Waals surface area contributed by atoms with Gasteiger partial charge in [-0.15, -0.1) is 0 Å². The van der Waals surface area contributed by atoms with Crippen molar-refractivity contribution >= 4 is 36.1 Å². The highest BCUT2D eigenvalue weighted by Gasteiger charge is 2.43. The van der Waals surface area contributed by atoms with Crippen molar-refractivity contribution in [2.45, 2.75) is 65.6 Å². The zero-order chi connectivity index (χ0) is 26.4. The Morgan fingerprint density at radius 1 is 0.743 bits per heavy atom. The van der Waals surface area contributed by atoms with Gasteiger partial charge < -0.3 is 28.5 Å². The van der Waals surface area contributed by atoms with Crippen LogP contribution in [-0.2, 0) is 59.1 Å². The lowest BCUT2D eigenvalue weighted by Crippen LogP contribution is -2.53. The zero-order valence-corrected chi connectivity index (χ0v) is 20.1. The largest absolute Gasteiger partial charge is 0.462 e. The number of carbonyl (C=O) groups is 5. The summed E-state index contributed by atoms with van der Waals surface area (Å²) in [5.74, 6) is -3.97. The molecule has 0 bridgehead atoms. The van der Waals surface area contributed by atoms with Crippen molar-refractivity contribution in [3.8, 4) is 0 Å². The molecule has 0 amide bonds. The molecule has 0 aliphatic rings. The summed E-state index contributed by atoms with van der Waals surface area (Å²) in [6.45, 7) is 4.96. The van der Waals surface area contributed by atoms with Crippen LogP contribution >= 0.6 is 0 Å². The van der Waals surface area contributed by atoms with Gasteiger partial charge >= 0.3 is 29.8 Å². The van der Waals surface area contributed by atoms with Crippen LogP contribution in [0.3, 0.4) is 0 Å². The summed E-state index contributed by atoms with van der Waals surface area (Å²) < 4.78 is 25.9. The number of hydrogen-bond donors (Lipinski definition) is 0. The lowest BCUT2D eigenvalue weighted by Gasteiger charge is -2.34. The molecular formula is C23H29NO11. The monoisotopic (exact) mass is 495 g/mol. The molecule has 0 aliphatic carbocycles. The molecule has 1 aromatic carbocycles. The summed E-state index contributed by atoms with van der Waals surface area (Å²) in [4.78, 5) is 63.8. The van der Waals surface area contributed by atoms with Crippen LogP contribution in [-0.4, -0.2) is 67.1 Å². The molecule has 0 saturated carbocycles. The number of hydrogen-bond acceptors (Lipinski definition) is 12. The van der Waals surface area contributed by atoms with Gasteiger partial charge in [0.2, 0.25) is 0 Å². The van der Waals surface area contributed by atoms with Crippen molar-refractivity contribution in [3.63, 3.8) is 0 Å². The number of benzene rings is 1. The molecule has 4 atom stereocenters. The molecule has 12 nitrogen and oxygen atoms in total. The Bertz CT molecular complexity index is 900. The quantitative estimate of drug-likeness (QED) is 0.169. The molecule has 0 spiro atoms. The first-order valence-electron chi connectivity index (χ1n) is 10.5. The summed E-state index contributed by atoms with van der Waals surface area (Å²) in [7, 11) is 0. The van der Waals surface area contributed by atoms with E-state index in [-0.39, 0.29) is 6.61 Å². The van der Waals surface area contributed by atoms with E-state index in [1.54, 1.807) is 12.1 Å². The van der Waals surface area contributed by atoms with Crippen molar-refractivity contribution in [3.05, 3.63) is 35.9 Å². The Balaban J connectivity index is 3.31. The van der Waals surface area contributed by atoms with E-state index in [4.69, 9.17) is 28.5 Å². The molecule has 12 heteroatoms. The fourth-order valence-electron chi connectivity index (χ4n) is 2.83. The lowest BCUT2D eigenvalue weighted by atomic mass is 10.0. The van der Waals surface area contributed by atoms with E-state index in [0.717, 1.165) is 46.4 Å². The Morgan fingerprint density at radius 3 is 1.80 bits per heavy atom. The van der Waals surface area contributed by atoms with Crippen LogP contribution in [0.4, 0.5) is 0 Å². The summed E-state index contributed by atoms with van der Waals surface area (Å²) >= 11 is 0. The maximum atomic E-state index is 11.9. The van der Waals surface area contributed by atoms with Gasteiger partial charge in [0.15, 0.2) is 24.4 Å². The minimum absolute atomic E-state index is 0.0816. The number of rotatable bonds is 13. The van der Waals surface area contributed by atoms with Crippen LogP contribution in [0.25, 0.3) is 0 Å². The third kappa shape index (κ3) is 12.2. The predicted octanol–water partition coefficient (Wildman–Crippen LogP) is 1.48. The first kappa shape index (κ1) is 29.1. The number of oxime groups is 1. The normalized spacial score (nSPS) is 14.1. The van der Waals surface area contributed by atoms with Crippen LogP contribution in [0.5, 0.6) is 0 Å². The average molecular weight is 495 g/mol. The van der Waals surface area contributed by atoms with E-state index < -0.39 is 60.9 Å². The minimum atomic E-state index is -1.55. The maximum absolute atomic E-state index is 11.9. The first-order chi connectivity index (χ1) is 16.5. The van der Waals surface area contributed by atoms with E-state index in [9.17, 15) is 24.0 Å². The highest BCUT2D eigenvalue weighted by atomic mass is 16.6. The molecule has 35 heavy (non-hydrogen) atoms. The van der Waals surface area contributed by atoms with Gasteiger partial charge in [-0.05, 0) is 5.56 Å². The van der Waals surface area contributed by atoms with Crippen molar-refractivity contribution in [2.75, 3.05) is 6.61 Å². The number of esters is 5. The van der Waals surface area contributed by atoms with Gasteiger partial charge in [-0.25, -0.2) is 0 Å². The molecule has 0 unspecified atom stereocenters. The molecule has 0 saturated heterocycles. The lowest BCUT2D eigenvalue weighted by molar-refractivity contribution is -0.197. The SMILES string of the molecule is CC(=O)OC[C@H](OC(C)=O)[C@H](OC(C)=O)[C@H](OC(C)=O)[C@H](/C=N/OCc1ccccc1)OC(C)=O. The molecule has 0 aliphatic heterocycles. The van der Waals surface area contributed by atoms with Crippen LogP contribution in [0.2, 0.25) is 0 Å². The summed E-state index contributed by atoms with van der Waals surface area (Å²) in [6, 6.07) is 9.05. The molecule has 1 aromatic rings. The van der Waals surface area contributed by atoms with Crippen molar-refractivity contribution in [2.24, 2.45) is 5.16 Å². The van der Waals surface area contributed by atoms with E-state index >= 15 is 0 Å². The first-order valence-corrected chi connectivity index (χ1v) is 10.5. The van der Waals surface area contributed by atoms with Crippen LogP contribution < -0.4 is 0 Å². The summed E-state index contributed by atoms with van der Waals surface area (Å²) in [5, 5.41) is 3.78. The third-order valence-electron chi connectivity index (χ3n) is 4.04. The van der Waals surface area contributed by atoms with Crippen LogP contribution in [0.1, 0.15) is 40.2 Å². The fraction of sp³-hybridized carbons (Fsp3) is 0.478. The summed E-state index contributed by atoms with van der Waals surface area (Å²) in [5.41, 5.74) is 0.805. The smallest absolute Gasteiger partial charge is 0.303 e. The van der Waals surface area contributed by atoms with Gasteiger partial charge in [-0.2, -0.15) is 0 Å². The Hall–Kier alpha value is -3.96. The molecule has 0 heterocycles. The topological polar surface area (TPSA) is 153 Å². The van der Waals surface area contributed by atoms with Gasteiger partial charge in [-0.1, -0.05) is 35.5 Å². The molecule has 1 rings (SSSR count). The fourth-order valence-corrected chi connectivity index (χ4v) is 2.83. The van der Waals surface area contributed by atoms with Gasteiger partial charge in [0.05, 0.1) is 6.21 Å². The molecule has 192 valence electrons. The molecule has 0 radical (unpaired) electrons. The van der Waals surface area contributed by atoms with Crippen molar-refractivity contribution < 1.29 is 52.5 Å². The van der Waals surface area contributed by atoms with Gasteiger partial charge in [0.1, 0.15) is 13.2 Å². The Kier molecular flexibility index (Phi) is 12.5. The second-order valence-corrected chi connectivity index (χ2v) is 7.19. The highest BCUT2D eigenvalue weighted by molar-refractivity contribution is 5.74. The van der Waals surface area contributed by atoms with E-state index in [1.165, 1.54) is 0 Å². The number of nitrogens with zero attached hydrogens (tertiary/aromatic N) is 1. The van der Waals surface area contributed by atoms with Crippen LogP contribution in [0.15, 0.2) is 35.5 Å². The second-order valence-electron chi connectivity index (χ2n) is 7.19. The molecular weight excluding hydrogens is 466 g/mol. The van der Waals surface area contributed by atoms with E-state index in [0.29, 0.717) is 0 Å².